The molecule has 1 heterocycles. The van der Waals surface area contributed by atoms with Crippen LogP contribution in [0.3, 0.4) is 0 Å². The molecule has 0 bridgehead atoms. The first-order valence-electron chi connectivity index (χ1n) is 4.65. The summed E-state index contributed by atoms with van der Waals surface area (Å²) in [5.41, 5.74) is 0. The number of amides is 1. The van der Waals surface area contributed by atoms with Crippen molar-refractivity contribution in [2.45, 2.75) is 38.1 Å². The van der Waals surface area contributed by atoms with Crippen LogP contribution in [0, 0.1) is 17.8 Å². The lowest BCUT2D eigenvalue weighted by atomic mass is 9.86. The van der Waals surface area contributed by atoms with Gasteiger partial charge in [-0.1, -0.05) is 18.3 Å². The van der Waals surface area contributed by atoms with Crippen LogP contribution >= 0.6 is 0 Å². The van der Waals surface area contributed by atoms with Crippen molar-refractivity contribution in [3.05, 3.63) is 0 Å². The van der Waals surface area contributed by atoms with Crippen molar-refractivity contribution in [2.24, 2.45) is 5.92 Å². The van der Waals surface area contributed by atoms with Gasteiger partial charge in [0.15, 0.2) is 0 Å². The number of hydrogen-bond donors (Lipinski definition) is 1. The second-order valence-electron chi connectivity index (χ2n) is 3.58. The Morgan fingerprint density at radius 1 is 1.25 bits per heavy atom. The van der Waals surface area contributed by atoms with E-state index < -0.39 is 0 Å². The first-order valence-corrected chi connectivity index (χ1v) is 4.65. The summed E-state index contributed by atoms with van der Waals surface area (Å²) in [6.45, 7) is 0. The molecule has 1 saturated carbocycles. The Morgan fingerprint density at radius 3 is 2.58 bits per heavy atom. The highest BCUT2D eigenvalue weighted by atomic mass is 16.1. The summed E-state index contributed by atoms with van der Waals surface area (Å²) in [6.07, 6.45) is 5.40. The van der Waals surface area contributed by atoms with E-state index >= 15 is 0 Å². The fourth-order valence-electron chi connectivity index (χ4n) is 1.49. The summed E-state index contributed by atoms with van der Waals surface area (Å²) in [6, 6.07) is 0.151. The topological polar surface area (TPSA) is 29.1 Å². The van der Waals surface area contributed by atoms with Crippen LogP contribution in [0.5, 0.6) is 0 Å². The van der Waals surface area contributed by atoms with Gasteiger partial charge in [-0.15, -0.1) is 0 Å². The molecule has 2 aliphatic rings. The van der Waals surface area contributed by atoms with Crippen LogP contribution in [0.2, 0.25) is 0 Å². The molecule has 1 unspecified atom stereocenters. The lowest BCUT2D eigenvalue weighted by molar-refractivity contribution is -0.119. The number of rotatable bonds is 0. The summed E-state index contributed by atoms with van der Waals surface area (Å²) in [5.74, 6) is 7.13. The molecule has 1 saturated heterocycles. The average molecular weight is 163 g/mol. The average Bonchev–Trinajstić information content (AvgIpc) is 2.32. The molecule has 0 aromatic carbocycles. The Kier molecular flexibility index (Phi) is 2.03. The number of hydrogen-bond acceptors (Lipinski definition) is 1. The van der Waals surface area contributed by atoms with Gasteiger partial charge in [-0.3, -0.25) is 4.79 Å². The van der Waals surface area contributed by atoms with Crippen molar-refractivity contribution in [1.82, 2.24) is 5.32 Å². The first-order chi connectivity index (χ1) is 5.84. The van der Waals surface area contributed by atoms with Crippen LogP contribution in [0.25, 0.3) is 0 Å². The van der Waals surface area contributed by atoms with Gasteiger partial charge in [-0.2, -0.15) is 0 Å². The van der Waals surface area contributed by atoms with Gasteiger partial charge in [0.1, 0.15) is 0 Å². The zero-order chi connectivity index (χ0) is 8.39. The zero-order valence-electron chi connectivity index (χ0n) is 7.10. The van der Waals surface area contributed by atoms with Gasteiger partial charge in [-0.25, -0.2) is 0 Å². The third kappa shape index (κ3) is 1.61. The Morgan fingerprint density at radius 2 is 2.08 bits per heavy atom. The Balaban J connectivity index is 1.83. The van der Waals surface area contributed by atoms with E-state index in [0.717, 1.165) is 6.42 Å². The summed E-state index contributed by atoms with van der Waals surface area (Å²) >= 11 is 0. The van der Waals surface area contributed by atoms with E-state index in [9.17, 15) is 4.79 Å². The SMILES string of the molecule is O=C1CCC(C#CC2CCC2)N1. The van der Waals surface area contributed by atoms with Gasteiger partial charge in [0.2, 0.25) is 5.91 Å². The van der Waals surface area contributed by atoms with E-state index in [1.807, 2.05) is 0 Å². The molecule has 0 aromatic rings. The van der Waals surface area contributed by atoms with E-state index in [-0.39, 0.29) is 11.9 Å². The van der Waals surface area contributed by atoms with Crippen molar-refractivity contribution in [3.63, 3.8) is 0 Å². The number of nitrogens with one attached hydrogen (secondary N) is 1. The minimum absolute atomic E-state index is 0.151. The van der Waals surface area contributed by atoms with Crippen LogP contribution in [0.4, 0.5) is 0 Å². The van der Waals surface area contributed by atoms with Crippen molar-refractivity contribution in [3.8, 4) is 11.8 Å². The van der Waals surface area contributed by atoms with Crippen molar-refractivity contribution in [1.29, 1.82) is 0 Å². The number of carbonyl (C=O) groups excluding carboxylic acids is 1. The molecule has 1 aliphatic carbocycles. The van der Waals surface area contributed by atoms with Gasteiger partial charge in [0.25, 0.3) is 0 Å². The molecule has 1 amide bonds. The van der Waals surface area contributed by atoms with Gasteiger partial charge < -0.3 is 5.32 Å². The molecule has 12 heavy (non-hydrogen) atoms. The van der Waals surface area contributed by atoms with E-state index in [1.165, 1.54) is 19.3 Å². The van der Waals surface area contributed by atoms with Crippen LogP contribution < -0.4 is 5.32 Å². The first kappa shape index (κ1) is 7.67. The molecule has 0 radical (unpaired) electrons. The van der Waals surface area contributed by atoms with Crippen molar-refractivity contribution in [2.75, 3.05) is 0 Å². The van der Waals surface area contributed by atoms with E-state index in [1.54, 1.807) is 0 Å². The predicted octanol–water partition coefficient (Wildman–Crippen LogP) is 1.07. The molecule has 64 valence electrons. The molecular formula is C10H13NO. The highest BCUT2D eigenvalue weighted by molar-refractivity contribution is 5.79. The molecule has 1 aliphatic heterocycles. The second-order valence-corrected chi connectivity index (χ2v) is 3.58. The van der Waals surface area contributed by atoms with Crippen molar-refractivity contribution >= 4 is 5.91 Å². The maximum Gasteiger partial charge on any atom is 0.221 e. The maximum atomic E-state index is 10.8. The molecular weight excluding hydrogens is 150 g/mol. The lowest BCUT2D eigenvalue weighted by Gasteiger charge is -2.18. The smallest absolute Gasteiger partial charge is 0.221 e. The monoisotopic (exact) mass is 163 g/mol. The quantitative estimate of drug-likeness (QED) is 0.532. The predicted molar refractivity (Wildman–Crippen MR) is 46.3 cm³/mol. The van der Waals surface area contributed by atoms with Gasteiger partial charge >= 0.3 is 0 Å². The molecule has 0 aromatic heterocycles. The fraction of sp³-hybridized carbons (Fsp3) is 0.700. The van der Waals surface area contributed by atoms with Gasteiger partial charge in [-0.05, 0) is 19.3 Å². The second kappa shape index (κ2) is 3.18. The number of carbonyl (C=O) groups is 1. The molecule has 2 heteroatoms. The van der Waals surface area contributed by atoms with Crippen LogP contribution in [0.1, 0.15) is 32.1 Å². The lowest BCUT2D eigenvalue weighted by Crippen LogP contribution is -2.23. The van der Waals surface area contributed by atoms with Crippen molar-refractivity contribution < 1.29 is 4.79 Å². The summed E-state index contributed by atoms with van der Waals surface area (Å²) < 4.78 is 0. The molecule has 2 rings (SSSR count). The molecule has 1 atom stereocenters. The molecule has 0 spiro atoms. The summed E-state index contributed by atoms with van der Waals surface area (Å²) in [5, 5.41) is 2.84. The fourth-order valence-corrected chi connectivity index (χ4v) is 1.49. The van der Waals surface area contributed by atoms with Crippen LogP contribution in [-0.2, 0) is 4.79 Å². The standard InChI is InChI=1S/C10H13NO/c12-10-7-6-9(11-10)5-4-8-2-1-3-8/h8-9H,1-3,6-7H2,(H,11,12). The maximum absolute atomic E-state index is 10.8. The molecule has 2 fully saturated rings. The Labute approximate surface area is 72.7 Å². The van der Waals surface area contributed by atoms with E-state index in [0.29, 0.717) is 12.3 Å². The molecule has 2 nitrogen and oxygen atoms in total. The third-order valence-electron chi connectivity index (χ3n) is 2.56. The normalized spacial score (nSPS) is 28.7. The van der Waals surface area contributed by atoms with Crippen LogP contribution in [0.15, 0.2) is 0 Å². The highest BCUT2D eigenvalue weighted by Gasteiger charge is 2.19. The Bertz CT molecular complexity index is 244. The van der Waals surface area contributed by atoms with E-state index in [4.69, 9.17) is 0 Å². The highest BCUT2D eigenvalue weighted by Crippen LogP contribution is 2.25. The third-order valence-corrected chi connectivity index (χ3v) is 2.56. The Hall–Kier alpha value is -0.970. The van der Waals surface area contributed by atoms with Gasteiger partial charge in [0, 0.05) is 12.3 Å². The molecule has 1 N–H and O–H groups in total. The summed E-state index contributed by atoms with van der Waals surface area (Å²) in [4.78, 5) is 10.8. The van der Waals surface area contributed by atoms with E-state index in [2.05, 4.69) is 17.2 Å². The van der Waals surface area contributed by atoms with Crippen LogP contribution in [-0.4, -0.2) is 11.9 Å². The summed E-state index contributed by atoms with van der Waals surface area (Å²) in [7, 11) is 0. The minimum Gasteiger partial charge on any atom is -0.342 e. The van der Waals surface area contributed by atoms with Gasteiger partial charge in [0.05, 0.1) is 6.04 Å². The zero-order valence-corrected chi connectivity index (χ0v) is 7.10. The largest absolute Gasteiger partial charge is 0.342 e. The minimum atomic E-state index is 0.151.